The van der Waals surface area contributed by atoms with E-state index in [1.165, 1.54) is 22.5 Å². The van der Waals surface area contributed by atoms with E-state index in [4.69, 9.17) is 14.2 Å². The molecule has 0 spiro atoms. The lowest BCUT2D eigenvalue weighted by molar-refractivity contribution is -0.156. The van der Waals surface area contributed by atoms with Gasteiger partial charge in [0.2, 0.25) is 16.1 Å². The van der Waals surface area contributed by atoms with Gasteiger partial charge in [-0.3, -0.25) is 4.79 Å². The van der Waals surface area contributed by atoms with Crippen LogP contribution in [0.3, 0.4) is 0 Å². The molecule has 2 aromatic rings. The maximum atomic E-state index is 12.6. The van der Waals surface area contributed by atoms with Gasteiger partial charge in [0.25, 0.3) is 5.91 Å². The number of amides is 1. The summed E-state index contributed by atoms with van der Waals surface area (Å²) in [6.07, 6.45) is -0.981. The topological polar surface area (TPSA) is 111 Å². The Morgan fingerprint density at radius 1 is 1.10 bits per heavy atom. The molecule has 0 fully saturated rings. The largest absolute Gasteiger partial charge is 0.485 e. The highest BCUT2D eigenvalue weighted by Gasteiger charge is 2.29. The van der Waals surface area contributed by atoms with Gasteiger partial charge >= 0.3 is 5.97 Å². The summed E-state index contributed by atoms with van der Waals surface area (Å²) in [5, 5.41) is 2.53. The Bertz CT molecular complexity index is 1050. The number of rotatable bonds is 8. The van der Waals surface area contributed by atoms with Crippen LogP contribution in [0.1, 0.15) is 13.8 Å². The Hall–Kier alpha value is -3.11. The second-order valence-corrected chi connectivity index (χ2v) is 8.58. The van der Waals surface area contributed by atoms with Crippen molar-refractivity contribution in [2.75, 3.05) is 31.6 Å². The molecule has 2 aromatic carbocycles. The average Bonchev–Trinajstić information content (AvgIpc) is 2.78. The van der Waals surface area contributed by atoms with Crippen LogP contribution in [0.15, 0.2) is 53.4 Å². The summed E-state index contributed by atoms with van der Waals surface area (Å²) < 4.78 is 42.6. The number of nitrogens with zero attached hydrogens (tertiary/aromatic N) is 1. The SMILES string of the molecule is CCN(CC)S(=O)(=O)c1cccc(NC(=O)COC(=O)[C@H]2COc3ccccc3O2)c1. The molecule has 9 nitrogen and oxygen atoms in total. The Morgan fingerprint density at radius 3 is 2.52 bits per heavy atom. The highest BCUT2D eigenvalue weighted by molar-refractivity contribution is 7.89. The number of nitrogens with one attached hydrogen (secondary N) is 1. The molecule has 0 radical (unpaired) electrons. The van der Waals surface area contributed by atoms with Gasteiger partial charge in [-0.05, 0) is 30.3 Å². The molecule has 0 unspecified atom stereocenters. The van der Waals surface area contributed by atoms with E-state index in [2.05, 4.69) is 5.32 Å². The molecule has 1 N–H and O–H groups in total. The maximum Gasteiger partial charge on any atom is 0.351 e. The van der Waals surface area contributed by atoms with E-state index in [-0.39, 0.29) is 17.2 Å². The third-order valence-corrected chi connectivity index (χ3v) is 6.62. The van der Waals surface area contributed by atoms with Gasteiger partial charge in [-0.25, -0.2) is 13.2 Å². The minimum atomic E-state index is -3.66. The summed E-state index contributed by atoms with van der Waals surface area (Å²) >= 11 is 0. The van der Waals surface area contributed by atoms with Gasteiger partial charge in [0, 0.05) is 18.8 Å². The van der Waals surface area contributed by atoms with Crippen LogP contribution in [-0.4, -0.2) is 57.0 Å². The maximum absolute atomic E-state index is 12.6. The molecular weight excluding hydrogens is 424 g/mol. The molecule has 1 amide bonds. The molecule has 166 valence electrons. The van der Waals surface area contributed by atoms with Crippen molar-refractivity contribution in [1.29, 1.82) is 0 Å². The molecular formula is C21H24N2O7S. The van der Waals surface area contributed by atoms with Gasteiger partial charge in [-0.1, -0.05) is 32.0 Å². The molecule has 1 heterocycles. The van der Waals surface area contributed by atoms with Crippen LogP contribution in [0.4, 0.5) is 5.69 Å². The number of anilines is 1. The quantitative estimate of drug-likeness (QED) is 0.615. The van der Waals surface area contributed by atoms with Crippen molar-refractivity contribution in [3.63, 3.8) is 0 Å². The van der Waals surface area contributed by atoms with Crippen LogP contribution in [-0.2, 0) is 24.3 Å². The fourth-order valence-corrected chi connectivity index (χ4v) is 4.51. The molecule has 31 heavy (non-hydrogen) atoms. The molecule has 0 bridgehead atoms. The summed E-state index contributed by atoms with van der Waals surface area (Å²) in [5.74, 6) is -0.388. The first-order valence-electron chi connectivity index (χ1n) is 9.80. The molecule has 1 aliphatic heterocycles. The Kier molecular flexibility index (Phi) is 7.13. The Balaban J connectivity index is 1.56. The average molecular weight is 448 g/mol. The second kappa shape index (κ2) is 9.80. The first-order chi connectivity index (χ1) is 14.8. The second-order valence-electron chi connectivity index (χ2n) is 6.64. The number of fused-ring (bicyclic) bond motifs is 1. The van der Waals surface area contributed by atoms with Crippen molar-refractivity contribution in [2.45, 2.75) is 24.8 Å². The molecule has 3 rings (SSSR count). The summed E-state index contributed by atoms with van der Waals surface area (Å²) in [6, 6.07) is 12.8. The number of carbonyl (C=O) groups excluding carboxylic acids is 2. The molecule has 0 aliphatic carbocycles. The predicted octanol–water partition coefficient (Wildman–Crippen LogP) is 2.04. The van der Waals surface area contributed by atoms with E-state index in [0.717, 1.165) is 0 Å². The van der Waals surface area contributed by atoms with E-state index < -0.39 is 34.6 Å². The van der Waals surface area contributed by atoms with Crippen molar-refractivity contribution < 1.29 is 32.2 Å². The van der Waals surface area contributed by atoms with Gasteiger partial charge in [-0.15, -0.1) is 0 Å². The first kappa shape index (κ1) is 22.6. The number of hydrogen-bond acceptors (Lipinski definition) is 7. The van der Waals surface area contributed by atoms with Crippen LogP contribution in [0.2, 0.25) is 0 Å². The van der Waals surface area contributed by atoms with Crippen LogP contribution >= 0.6 is 0 Å². The van der Waals surface area contributed by atoms with Crippen molar-refractivity contribution in [3.8, 4) is 11.5 Å². The summed E-state index contributed by atoms with van der Waals surface area (Å²) in [6.45, 7) is 3.60. The zero-order chi connectivity index (χ0) is 22.4. The van der Waals surface area contributed by atoms with Crippen molar-refractivity contribution in [3.05, 3.63) is 48.5 Å². The Labute approximate surface area is 181 Å². The molecule has 0 saturated heterocycles. The predicted molar refractivity (Wildman–Crippen MR) is 112 cm³/mol. The Morgan fingerprint density at radius 2 is 1.81 bits per heavy atom. The first-order valence-corrected chi connectivity index (χ1v) is 11.2. The van der Waals surface area contributed by atoms with E-state index >= 15 is 0 Å². The third kappa shape index (κ3) is 5.33. The van der Waals surface area contributed by atoms with Gasteiger partial charge in [0.15, 0.2) is 18.1 Å². The zero-order valence-corrected chi connectivity index (χ0v) is 18.1. The molecule has 10 heteroatoms. The number of ether oxygens (including phenoxy) is 3. The number of hydrogen-bond donors (Lipinski definition) is 1. The number of benzene rings is 2. The van der Waals surface area contributed by atoms with Crippen LogP contribution in [0, 0.1) is 0 Å². The van der Waals surface area contributed by atoms with Gasteiger partial charge in [-0.2, -0.15) is 4.31 Å². The number of carbonyl (C=O) groups is 2. The highest BCUT2D eigenvalue weighted by Crippen LogP contribution is 2.31. The van der Waals surface area contributed by atoms with E-state index in [1.54, 1.807) is 44.2 Å². The molecule has 1 aliphatic rings. The number of esters is 1. The standard InChI is InChI=1S/C21H24N2O7S/c1-3-23(4-2)31(26,27)16-9-7-8-15(12-16)22-20(24)14-29-21(25)19-13-28-17-10-5-6-11-18(17)30-19/h5-12,19H,3-4,13-14H2,1-2H3,(H,22,24)/t19-/m1/s1. The minimum absolute atomic E-state index is 0.0251. The van der Waals surface area contributed by atoms with Crippen molar-refractivity contribution in [2.24, 2.45) is 0 Å². The number of sulfonamides is 1. The third-order valence-electron chi connectivity index (χ3n) is 4.58. The summed E-state index contributed by atoms with van der Waals surface area (Å²) in [5.41, 5.74) is 0.278. The zero-order valence-electron chi connectivity index (χ0n) is 17.2. The van der Waals surface area contributed by atoms with Crippen LogP contribution in [0.25, 0.3) is 0 Å². The monoisotopic (exact) mass is 448 g/mol. The highest BCUT2D eigenvalue weighted by atomic mass is 32.2. The van der Waals surface area contributed by atoms with Crippen LogP contribution in [0.5, 0.6) is 11.5 Å². The summed E-state index contributed by atoms with van der Waals surface area (Å²) in [4.78, 5) is 24.5. The van der Waals surface area contributed by atoms with E-state index in [1.807, 2.05) is 0 Å². The fraction of sp³-hybridized carbons (Fsp3) is 0.333. The lowest BCUT2D eigenvalue weighted by Crippen LogP contribution is -2.39. The minimum Gasteiger partial charge on any atom is -0.485 e. The fourth-order valence-electron chi connectivity index (χ4n) is 3.01. The van der Waals surface area contributed by atoms with Gasteiger partial charge in [0.05, 0.1) is 4.90 Å². The smallest absolute Gasteiger partial charge is 0.351 e. The summed E-state index contributed by atoms with van der Waals surface area (Å²) in [7, 11) is -3.66. The number of para-hydroxylation sites is 2. The van der Waals surface area contributed by atoms with Gasteiger partial charge in [0.1, 0.15) is 6.61 Å². The van der Waals surface area contributed by atoms with Crippen LogP contribution < -0.4 is 14.8 Å². The lowest BCUT2D eigenvalue weighted by Gasteiger charge is -2.24. The van der Waals surface area contributed by atoms with E-state index in [9.17, 15) is 18.0 Å². The van der Waals surface area contributed by atoms with Gasteiger partial charge < -0.3 is 19.5 Å². The normalized spacial score (nSPS) is 15.4. The molecule has 0 saturated carbocycles. The molecule has 0 aromatic heterocycles. The van der Waals surface area contributed by atoms with Crippen molar-refractivity contribution >= 4 is 27.6 Å². The lowest BCUT2D eigenvalue weighted by atomic mass is 10.2. The van der Waals surface area contributed by atoms with E-state index in [0.29, 0.717) is 24.6 Å². The molecule has 1 atom stereocenters. The van der Waals surface area contributed by atoms with Crippen molar-refractivity contribution in [1.82, 2.24) is 4.31 Å².